The number of aromatic nitrogens is 8. The summed E-state index contributed by atoms with van der Waals surface area (Å²) in [4.78, 5) is 24.2. The second-order valence-corrected chi connectivity index (χ2v) is 9.77. The van der Waals surface area contributed by atoms with Crippen LogP contribution in [0.4, 0.5) is 10.3 Å². The molecular weight excluding hydrogens is 487 g/mol. The van der Waals surface area contributed by atoms with Crippen LogP contribution in [0.5, 0.6) is 0 Å². The van der Waals surface area contributed by atoms with E-state index in [2.05, 4.69) is 40.8 Å². The second-order valence-electron chi connectivity index (χ2n) is 9.36. The summed E-state index contributed by atoms with van der Waals surface area (Å²) in [5.74, 6) is -0.285. The molecule has 6 rings (SSSR count). The minimum atomic E-state index is -0.648. The van der Waals surface area contributed by atoms with E-state index in [1.54, 1.807) is 16.9 Å². The van der Waals surface area contributed by atoms with Crippen molar-refractivity contribution in [2.24, 2.45) is 5.41 Å². The lowest BCUT2D eigenvalue weighted by atomic mass is 9.98. The Morgan fingerprint density at radius 2 is 2.08 bits per heavy atom. The molecule has 4 aromatic rings. The molecule has 1 spiro atoms. The summed E-state index contributed by atoms with van der Waals surface area (Å²) in [6.07, 6.45) is 8.87. The molecule has 1 amide bonds. The predicted molar refractivity (Wildman–Crippen MR) is 127 cm³/mol. The van der Waals surface area contributed by atoms with Crippen molar-refractivity contribution in [1.29, 1.82) is 0 Å². The first-order valence-electron chi connectivity index (χ1n) is 11.5. The summed E-state index contributed by atoms with van der Waals surface area (Å²) in [6.45, 7) is 4.35. The van der Waals surface area contributed by atoms with Crippen molar-refractivity contribution in [1.82, 2.24) is 45.3 Å². The Labute approximate surface area is 210 Å². The van der Waals surface area contributed by atoms with Crippen molar-refractivity contribution >= 4 is 23.5 Å². The standard InChI is InChI=1S/C23H22ClFN10O/c1-14-15(6-27-22(30-14)33-11-23(12-33)4-5-23)9-34-10-16(7-29-34)21(36)26-8-17-19(35-13-28-31-32-35)3-2-18(24)20(17)25/h2-3,6-7,10,13H,4-5,8-9,11-12H2,1H3,(H,26,36). The summed E-state index contributed by atoms with van der Waals surface area (Å²) in [5.41, 5.74) is 3.22. The molecule has 0 unspecified atom stereocenters. The van der Waals surface area contributed by atoms with E-state index in [9.17, 15) is 9.18 Å². The molecule has 11 nitrogen and oxygen atoms in total. The summed E-state index contributed by atoms with van der Waals surface area (Å²) in [6, 6.07) is 3.00. The Bertz CT molecular complexity index is 1440. The summed E-state index contributed by atoms with van der Waals surface area (Å²) in [5, 5.41) is 17.9. The first-order valence-corrected chi connectivity index (χ1v) is 11.9. The van der Waals surface area contributed by atoms with E-state index in [0.29, 0.717) is 23.2 Å². The average molecular weight is 509 g/mol. The van der Waals surface area contributed by atoms with Crippen LogP contribution in [0.1, 0.15) is 40.0 Å². The van der Waals surface area contributed by atoms with Crippen molar-refractivity contribution in [2.45, 2.75) is 32.9 Å². The highest BCUT2D eigenvalue weighted by molar-refractivity contribution is 6.30. The fraction of sp³-hybridized carbons (Fsp3) is 0.348. The molecule has 1 aromatic carbocycles. The summed E-state index contributed by atoms with van der Waals surface area (Å²) in [7, 11) is 0. The molecular formula is C23H22ClFN10O. The number of hydrogen-bond donors (Lipinski definition) is 1. The average Bonchev–Trinajstić information content (AvgIpc) is 3.23. The molecule has 0 bridgehead atoms. The lowest BCUT2D eigenvalue weighted by Gasteiger charge is -2.40. The number of carbonyl (C=O) groups is 1. The van der Waals surface area contributed by atoms with Gasteiger partial charge >= 0.3 is 0 Å². The Morgan fingerprint density at radius 1 is 1.25 bits per heavy atom. The Morgan fingerprint density at radius 3 is 2.81 bits per heavy atom. The molecule has 2 fully saturated rings. The molecule has 0 atom stereocenters. The second kappa shape index (κ2) is 8.63. The SMILES string of the molecule is Cc1nc(N2CC3(CC3)C2)ncc1Cn1cc(C(=O)NCc2c(-n3cnnn3)ccc(Cl)c2F)cn1. The van der Waals surface area contributed by atoms with Gasteiger partial charge in [-0.2, -0.15) is 5.10 Å². The van der Waals surface area contributed by atoms with E-state index in [0.717, 1.165) is 30.3 Å². The van der Waals surface area contributed by atoms with Crippen LogP contribution in [-0.2, 0) is 13.1 Å². The van der Waals surface area contributed by atoms with Crippen LogP contribution in [0.25, 0.3) is 5.69 Å². The van der Waals surface area contributed by atoms with Crippen molar-refractivity contribution in [2.75, 3.05) is 18.0 Å². The van der Waals surface area contributed by atoms with E-state index in [1.165, 1.54) is 36.1 Å². The summed E-state index contributed by atoms with van der Waals surface area (Å²) < 4.78 is 17.7. The first kappa shape index (κ1) is 22.5. The predicted octanol–water partition coefficient (Wildman–Crippen LogP) is 2.33. The molecule has 0 radical (unpaired) electrons. The van der Waals surface area contributed by atoms with Gasteiger partial charge in [0.15, 0.2) is 0 Å². The van der Waals surface area contributed by atoms with E-state index in [-0.39, 0.29) is 17.1 Å². The van der Waals surface area contributed by atoms with Gasteiger partial charge in [-0.3, -0.25) is 9.48 Å². The van der Waals surface area contributed by atoms with E-state index in [1.807, 2.05) is 13.1 Å². The largest absolute Gasteiger partial charge is 0.348 e. The number of aryl methyl sites for hydroxylation is 1. The van der Waals surface area contributed by atoms with Gasteiger partial charge in [0.2, 0.25) is 5.95 Å². The topological polar surface area (TPSA) is 120 Å². The van der Waals surface area contributed by atoms with Crippen LogP contribution < -0.4 is 10.2 Å². The molecule has 1 saturated heterocycles. The zero-order valence-corrected chi connectivity index (χ0v) is 20.2. The number of halogens is 2. The minimum Gasteiger partial charge on any atom is -0.348 e. The Hall–Kier alpha value is -3.93. The highest BCUT2D eigenvalue weighted by Crippen LogP contribution is 2.53. The number of nitrogens with zero attached hydrogens (tertiary/aromatic N) is 9. The van der Waals surface area contributed by atoms with Gasteiger partial charge in [-0.1, -0.05) is 11.6 Å². The quantitative estimate of drug-likeness (QED) is 0.404. The number of benzene rings is 1. The summed E-state index contributed by atoms with van der Waals surface area (Å²) >= 11 is 5.95. The van der Waals surface area contributed by atoms with Gasteiger partial charge in [0, 0.05) is 54.3 Å². The van der Waals surface area contributed by atoms with Gasteiger partial charge in [0.25, 0.3) is 5.91 Å². The zero-order chi connectivity index (χ0) is 24.9. The molecule has 184 valence electrons. The van der Waals surface area contributed by atoms with Crippen LogP contribution in [0.2, 0.25) is 5.02 Å². The fourth-order valence-corrected chi connectivity index (χ4v) is 4.61. The number of amides is 1. The van der Waals surface area contributed by atoms with E-state index < -0.39 is 11.7 Å². The number of carbonyl (C=O) groups excluding carboxylic acids is 1. The van der Waals surface area contributed by atoms with Crippen molar-refractivity contribution in [3.8, 4) is 5.69 Å². The van der Waals surface area contributed by atoms with Crippen LogP contribution in [0.3, 0.4) is 0 Å². The fourth-order valence-electron chi connectivity index (χ4n) is 4.43. The van der Waals surface area contributed by atoms with Crippen LogP contribution in [-0.4, -0.2) is 59.0 Å². The lowest BCUT2D eigenvalue weighted by Crippen LogP contribution is -2.49. The third kappa shape index (κ3) is 4.17. The minimum absolute atomic E-state index is 0.0614. The van der Waals surface area contributed by atoms with E-state index >= 15 is 0 Å². The van der Waals surface area contributed by atoms with Gasteiger partial charge in [0.1, 0.15) is 12.1 Å². The highest BCUT2D eigenvalue weighted by Gasteiger charge is 2.53. The molecule has 2 aliphatic rings. The van der Waals surface area contributed by atoms with Gasteiger partial charge < -0.3 is 10.2 Å². The molecule has 36 heavy (non-hydrogen) atoms. The monoisotopic (exact) mass is 508 g/mol. The van der Waals surface area contributed by atoms with E-state index in [4.69, 9.17) is 11.6 Å². The van der Waals surface area contributed by atoms with Crippen molar-refractivity contribution in [3.05, 3.63) is 70.3 Å². The van der Waals surface area contributed by atoms with Gasteiger partial charge in [0.05, 0.1) is 29.0 Å². The van der Waals surface area contributed by atoms with Crippen molar-refractivity contribution < 1.29 is 9.18 Å². The maximum atomic E-state index is 14.7. The maximum Gasteiger partial charge on any atom is 0.254 e. The van der Waals surface area contributed by atoms with Gasteiger partial charge in [-0.15, -0.1) is 5.10 Å². The maximum absolute atomic E-state index is 14.7. The number of nitrogens with one attached hydrogen (secondary N) is 1. The Kier molecular flexibility index (Phi) is 5.40. The number of tetrazole rings is 1. The molecule has 3 aromatic heterocycles. The molecule has 13 heteroatoms. The molecule has 1 aliphatic carbocycles. The van der Waals surface area contributed by atoms with Crippen LogP contribution >= 0.6 is 11.6 Å². The molecule has 1 aliphatic heterocycles. The molecule has 1 saturated carbocycles. The van der Waals surface area contributed by atoms with Gasteiger partial charge in [-0.25, -0.2) is 19.0 Å². The zero-order valence-electron chi connectivity index (χ0n) is 19.4. The van der Waals surface area contributed by atoms with Crippen molar-refractivity contribution in [3.63, 3.8) is 0 Å². The number of hydrogen-bond acceptors (Lipinski definition) is 8. The number of rotatable bonds is 7. The van der Waals surface area contributed by atoms with Crippen LogP contribution in [0, 0.1) is 18.2 Å². The first-order chi connectivity index (χ1) is 17.4. The third-order valence-corrected chi connectivity index (χ3v) is 7.07. The molecule has 4 heterocycles. The third-order valence-electron chi connectivity index (χ3n) is 6.78. The number of anilines is 1. The van der Waals surface area contributed by atoms with Crippen LogP contribution in [0.15, 0.2) is 37.1 Å². The normalized spacial score (nSPS) is 15.7. The van der Waals surface area contributed by atoms with Gasteiger partial charge in [-0.05, 0) is 42.3 Å². The molecule has 1 N–H and O–H groups in total. The lowest BCUT2D eigenvalue weighted by molar-refractivity contribution is 0.0950. The highest BCUT2D eigenvalue weighted by atomic mass is 35.5. The smallest absolute Gasteiger partial charge is 0.254 e. The Balaban J connectivity index is 1.11.